The SMILES string of the molecule is CC(C)(CO)[C@H](c1cc(OC(F)(F)F)ccc1O)N1CCNCC1.Cl. The summed E-state index contributed by atoms with van der Waals surface area (Å²) >= 11 is 0. The quantitative estimate of drug-likeness (QED) is 0.728. The number of piperazine rings is 1. The summed E-state index contributed by atoms with van der Waals surface area (Å²) in [5.74, 6) is -0.501. The van der Waals surface area contributed by atoms with E-state index in [9.17, 15) is 23.4 Å². The molecule has 5 nitrogen and oxygen atoms in total. The highest BCUT2D eigenvalue weighted by Crippen LogP contribution is 2.43. The summed E-state index contributed by atoms with van der Waals surface area (Å²) < 4.78 is 41.4. The van der Waals surface area contributed by atoms with E-state index in [1.807, 2.05) is 13.8 Å². The van der Waals surface area contributed by atoms with Gasteiger partial charge in [0.2, 0.25) is 0 Å². The molecular weight excluding hydrogens is 361 g/mol. The minimum Gasteiger partial charge on any atom is -0.508 e. The molecule has 9 heteroatoms. The molecule has 0 saturated carbocycles. The van der Waals surface area contributed by atoms with Gasteiger partial charge < -0.3 is 20.3 Å². The molecule has 1 aliphatic heterocycles. The number of halogens is 4. The van der Waals surface area contributed by atoms with E-state index in [1.165, 1.54) is 12.1 Å². The molecule has 0 bridgehead atoms. The van der Waals surface area contributed by atoms with Crippen LogP contribution in [0, 0.1) is 5.41 Å². The van der Waals surface area contributed by atoms with Crippen LogP contribution >= 0.6 is 12.4 Å². The smallest absolute Gasteiger partial charge is 0.508 e. The number of alkyl halides is 3. The standard InChI is InChI=1S/C16H23F3N2O3.ClH/c1-15(2,10-22)14(21-7-5-20-6-8-21)12-9-11(3-4-13(12)23)24-16(17,18)19;/h3-4,9,14,20,22-23H,5-8,10H2,1-2H3;1H/t14-;/m0./s1. The Morgan fingerprint density at radius 2 is 1.84 bits per heavy atom. The maximum atomic E-state index is 12.5. The van der Waals surface area contributed by atoms with Crippen molar-refractivity contribution in [3.63, 3.8) is 0 Å². The molecule has 144 valence electrons. The van der Waals surface area contributed by atoms with Crippen LogP contribution in [0.1, 0.15) is 25.5 Å². The number of hydrogen-bond donors (Lipinski definition) is 3. The van der Waals surface area contributed by atoms with Crippen molar-refractivity contribution in [2.24, 2.45) is 5.41 Å². The Hall–Kier alpha value is -1.22. The van der Waals surface area contributed by atoms with E-state index in [0.717, 1.165) is 19.2 Å². The van der Waals surface area contributed by atoms with Crippen molar-refractivity contribution >= 4 is 12.4 Å². The number of benzene rings is 1. The first kappa shape index (κ1) is 21.8. The van der Waals surface area contributed by atoms with Crippen LogP contribution in [-0.2, 0) is 0 Å². The number of ether oxygens (including phenoxy) is 1. The number of phenols is 1. The molecule has 0 aromatic heterocycles. The lowest BCUT2D eigenvalue weighted by atomic mass is 9.79. The van der Waals surface area contributed by atoms with E-state index < -0.39 is 17.8 Å². The molecular formula is C16H24ClF3N2O3. The Kier molecular flexibility index (Phi) is 7.37. The number of rotatable bonds is 5. The zero-order valence-electron chi connectivity index (χ0n) is 14.1. The molecule has 1 aromatic carbocycles. The number of nitrogens with one attached hydrogen (secondary N) is 1. The third-order valence-corrected chi connectivity index (χ3v) is 4.19. The van der Waals surface area contributed by atoms with Crippen LogP contribution in [0.3, 0.4) is 0 Å². The second kappa shape index (κ2) is 8.44. The lowest BCUT2D eigenvalue weighted by Crippen LogP contribution is -2.49. The number of aromatic hydroxyl groups is 1. The van der Waals surface area contributed by atoms with E-state index in [1.54, 1.807) is 0 Å². The molecule has 0 aliphatic carbocycles. The van der Waals surface area contributed by atoms with Crippen LogP contribution in [0.5, 0.6) is 11.5 Å². The number of nitrogens with zero attached hydrogens (tertiary/aromatic N) is 1. The van der Waals surface area contributed by atoms with Gasteiger partial charge >= 0.3 is 6.36 Å². The molecule has 0 unspecified atom stereocenters. The summed E-state index contributed by atoms with van der Waals surface area (Å²) in [6, 6.07) is 3.03. The number of aliphatic hydroxyl groups excluding tert-OH is 1. The third-order valence-electron chi connectivity index (χ3n) is 4.19. The summed E-state index contributed by atoms with van der Waals surface area (Å²) in [6.45, 7) is 6.25. The van der Waals surface area contributed by atoms with E-state index in [4.69, 9.17) is 0 Å². The van der Waals surface area contributed by atoms with Gasteiger partial charge in [-0.25, -0.2) is 0 Å². The van der Waals surface area contributed by atoms with Gasteiger partial charge in [0.05, 0.1) is 0 Å². The Morgan fingerprint density at radius 3 is 2.36 bits per heavy atom. The second-order valence-corrected chi connectivity index (χ2v) is 6.60. The van der Waals surface area contributed by atoms with E-state index in [-0.39, 0.29) is 30.5 Å². The van der Waals surface area contributed by atoms with E-state index in [2.05, 4.69) is 15.0 Å². The summed E-state index contributed by atoms with van der Waals surface area (Å²) in [5.41, 5.74) is -0.344. The summed E-state index contributed by atoms with van der Waals surface area (Å²) in [5, 5.41) is 23.2. The predicted molar refractivity (Wildman–Crippen MR) is 90.1 cm³/mol. The fraction of sp³-hybridized carbons (Fsp3) is 0.625. The molecule has 1 aliphatic rings. The molecule has 3 N–H and O–H groups in total. The molecule has 1 aromatic rings. The van der Waals surface area contributed by atoms with E-state index >= 15 is 0 Å². The normalized spacial score (nSPS) is 17.7. The van der Waals surface area contributed by atoms with Crippen LogP contribution in [-0.4, -0.2) is 54.3 Å². The summed E-state index contributed by atoms with van der Waals surface area (Å²) in [7, 11) is 0. The molecule has 1 atom stereocenters. The van der Waals surface area contributed by atoms with Gasteiger partial charge in [-0.05, 0) is 18.2 Å². The maximum absolute atomic E-state index is 12.5. The fourth-order valence-corrected chi connectivity index (χ4v) is 3.09. The van der Waals surface area contributed by atoms with Crippen LogP contribution in [0.4, 0.5) is 13.2 Å². The average Bonchev–Trinajstić information content (AvgIpc) is 2.50. The molecule has 1 fully saturated rings. The first-order chi connectivity index (χ1) is 11.1. The van der Waals surface area contributed by atoms with Gasteiger partial charge in [0, 0.05) is 49.8 Å². The van der Waals surface area contributed by atoms with Crippen LogP contribution in [0.25, 0.3) is 0 Å². The zero-order chi connectivity index (χ0) is 18.0. The maximum Gasteiger partial charge on any atom is 0.573 e. The Labute approximate surface area is 151 Å². The van der Waals surface area contributed by atoms with Gasteiger partial charge in [-0.15, -0.1) is 25.6 Å². The lowest BCUT2D eigenvalue weighted by molar-refractivity contribution is -0.274. The zero-order valence-corrected chi connectivity index (χ0v) is 15.0. The number of phenolic OH excluding ortho intramolecular Hbond substituents is 1. The van der Waals surface area contributed by atoms with Gasteiger partial charge in [0.1, 0.15) is 11.5 Å². The molecule has 1 saturated heterocycles. The second-order valence-electron chi connectivity index (χ2n) is 6.60. The van der Waals surface area contributed by atoms with Crippen molar-refractivity contribution < 1.29 is 28.1 Å². The van der Waals surface area contributed by atoms with E-state index in [0.29, 0.717) is 18.7 Å². The molecule has 25 heavy (non-hydrogen) atoms. The summed E-state index contributed by atoms with van der Waals surface area (Å²) in [4.78, 5) is 2.05. The Bertz CT molecular complexity index is 564. The highest BCUT2D eigenvalue weighted by atomic mass is 35.5. The van der Waals surface area contributed by atoms with Crippen molar-refractivity contribution in [1.29, 1.82) is 0 Å². The van der Waals surface area contributed by atoms with Crippen LogP contribution in [0.2, 0.25) is 0 Å². The minimum atomic E-state index is -4.80. The Morgan fingerprint density at radius 1 is 1.24 bits per heavy atom. The monoisotopic (exact) mass is 384 g/mol. The highest BCUT2D eigenvalue weighted by Gasteiger charge is 2.38. The fourth-order valence-electron chi connectivity index (χ4n) is 3.09. The number of aliphatic hydroxyl groups is 1. The van der Waals surface area contributed by atoms with Crippen molar-refractivity contribution in [3.8, 4) is 11.5 Å². The first-order valence-corrected chi connectivity index (χ1v) is 7.78. The highest BCUT2D eigenvalue weighted by molar-refractivity contribution is 5.85. The molecule has 2 rings (SSSR count). The van der Waals surface area contributed by atoms with Gasteiger partial charge in [0.15, 0.2) is 0 Å². The van der Waals surface area contributed by atoms with Crippen molar-refractivity contribution in [2.45, 2.75) is 26.3 Å². The van der Waals surface area contributed by atoms with Gasteiger partial charge in [-0.2, -0.15) is 0 Å². The van der Waals surface area contributed by atoms with Gasteiger partial charge in [-0.3, -0.25) is 4.90 Å². The largest absolute Gasteiger partial charge is 0.573 e. The van der Waals surface area contributed by atoms with Crippen LogP contribution < -0.4 is 10.1 Å². The molecule has 0 spiro atoms. The van der Waals surface area contributed by atoms with Crippen molar-refractivity contribution in [1.82, 2.24) is 10.2 Å². The third kappa shape index (κ3) is 5.64. The average molecular weight is 385 g/mol. The first-order valence-electron chi connectivity index (χ1n) is 7.78. The molecule has 0 amide bonds. The predicted octanol–water partition coefficient (Wildman–Crippen LogP) is 2.68. The van der Waals surface area contributed by atoms with Crippen LogP contribution in [0.15, 0.2) is 18.2 Å². The van der Waals surface area contributed by atoms with Crippen molar-refractivity contribution in [3.05, 3.63) is 23.8 Å². The lowest BCUT2D eigenvalue weighted by Gasteiger charge is -2.43. The Balaban J connectivity index is 0.00000312. The molecule has 0 radical (unpaired) electrons. The molecule has 1 heterocycles. The topological polar surface area (TPSA) is 65.0 Å². The van der Waals surface area contributed by atoms with Gasteiger partial charge in [-0.1, -0.05) is 13.8 Å². The summed E-state index contributed by atoms with van der Waals surface area (Å²) in [6.07, 6.45) is -4.80. The van der Waals surface area contributed by atoms with Crippen molar-refractivity contribution in [2.75, 3.05) is 32.8 Å². The number of hydrogen-bond acceptors (Lipinski definition) is 5. The minimum absolute atomic E-state index is 0. The van der Waals surface area contributed by atoms with Gasteiger partial charge in [0.25, 0.3) is 0 Å².